The van der Waals surface area contributed by atoms with E-state index in [1.165, 1.54) is 17.4 Å². The quantitative estimate of drug-likeness (QED) is 0.649. The van der Waals surface area contributed by atoms with Crippen molar-refractivity contribution in [2.45, 2.75) is 26.3 Å². The molecule has 6 heteroatoms. The molecule has 0 saturated carbocycles. The number of para-hydroxylation sites is 1. The summed E-state index contributed by atoms with van der Waals surface area (Å²) >= 11 is 1.44. The van der Waals surface area contributed by atoms with E-state index in [1.54, 1.807) is 18.2 Å². The van der Waals surface area contributed by atoms with E-state index in [0.717, 1.165) is 18.7 Å². The Kier molecular flexibility index (Phi) is 4.81. The molecule has 20 heavy (non-hydrogen) atoms. The van der Waals surface area contributed by atoms with Crippen LogP contribution in [-0.4, -0.2) is 16.5 Å². The minimum absolute atomic E-state index is 0.0996. The van der Waals surface area contributed by atoms with Crippen LogP contribution >= 0.6 is 11.3 Å². The standard InChI is InChI=1S/C14H17N3O2S/c1-3-8-15-10(2)12-9-20-14(16-12)11-6-4-5-7-13(11)17(18)19/h4-7,9-10,15H,3,8H2,1-2H3. The molecule has 1 atom stereocenters. The van der Waals surface area contributed by atoms with Gasteiger partial charge in [-0.2, -0.15) is 0 Å². The smallest absolute Gasteiger partial charge is 0.279 e. The molecule has 0 aliphatic rings. The molecule has 0 radical (unpaired) electrons. The van der Waals surface area contributed by atoms with Gasteiger partial charge in [0.25, 0.3) is 5.69 Å². The van der Waals surface area contributed by atoms with Crippen LogP contribution < -0.4 is 5.32 Å². The van der Waals surface area contributed by atoms with Gasteiger partial charge in [0.2, 0.25) is 0 Å². The Balaban J connectivity index is 2.27. The fourth-order valence-electron chi connectivity index (χ4n) is 1.89. The van der Waals surface area contributed by atoms with Gasteiger partial charge in [-0.15, -0.1) is 11.3 Å². The fourth-order valence-corrected chi connectivity index (χ4v) is 2.83. The Morgan fingerprint density at radius 3 is 2.90 bits per heavy atom. The molecule has 0 fully saturated rings. The van der Waals surface area contributed by atoms with Crippen molar-refractivity contribution in [3.8, 4) is 10.6 Å². The number of hydrogen-bond donors (Lipinski definition) is 1. The summed E-state index contributed by atoms with van der Waals surface area (Å²) in [6.45, 7) is 5.09. The van der Waals surface area contributed by atoms with Gasteiger partial charge in [-0.3, -0.25) is 10.1 Å². The van der Waals surface area contributed by atoms with Gasteiger partial charge in [0.15, 0.2) is 0 Å². The van der Waals surface area contributed by atoms with Crippen molar-refractivity contribution in [1.82, 2.24) is 10.3 Å². The lowest BCUT2D eigenvalue weighted by Gasteiger charge is -2.09. The lowest BCUT2D eigenvalue weighted by atomic mass is 10.2. The molecule has 0 aliphatic carbocycles. The molecule has 106 valence electrons. The number of rotatable bonds is 6. The third-order valence-electron chi connectivity index (χ3n) is 3.00. The van der Waals surface area contributed by atoms with Crippen molar-refractivity contribution in [3.05, 3.63) is 45.5 Å². The van der Waals surface area contributed by atoms with Crippen molar-refractivity contribution in [2.24, 2.45) is 0 Å². The number of hydrogen-bond acceptors (Lipinski definition) is 5. The van der Waals surface area contributed by atoms with Crippen molar-refractivity contribution >= 4 is 17.0 Å². The number of nitrogens with one attached hydrogen (secondary N) is 1. The summed E-state index contributed by atoms with van der Waals surface area (Å²) in [5, 5.41) is 17.1. The number of nitrogens with zero attached hydrogens (tertiary/aromatic N) is 2. The average Bonchev–Trinajstić information content (AvgIpc) is 2.94. The summed E-state index contributed by atoms with van der Waals surface area (Å²) in [6, 6.07) is 6.87. The van der Waals surface area contributed by atoms with E-state index in [-0.39, 0.29) is 16.7 Å². The molecule has 0 aliphatic heterocycles. The molecule has 5 nitrogen and oxygen atoms in total. The topological polar surface area (TPSA) is 68.1 Å². The second-order valence-electron chi connectivity index (χ2n) is 4.53. The minimum atomic E-state index is -0.366. The molecule has 2 rings (SSSR count). The van der Waals surface area contributed by atoms with E-state index in [1.807, 2.05) is 12.3 Å². The Bertz CT molecular complexity index is 598. The molecular weight excluding hydrogens is 274 g/mol. The highest BCUT2D eigenvalue weighted by atomic mass is 32.1. The highest BCUT2D eigenvalue weighted by Gasteiger charge is 2.18. The van der Waals surface area contributed by atoms with Crippen LogP contribution in [0.4, 0.5) is 5.69 Å². The highest BCUT2D eigenvalue weighted by Crippen LogP contribution is 2.32. The van der Waals surface area contributed by atoms with Gasteiger partial charge in [0.05, 0.1) is 16.2 Å². The van der Waals surface area contributed by atoms with E-state index in [0.29, 0.717) is 10.6 Å². The molecule has 1 aromatic heterocycles. The lowest BCUT2D eigenvalue weighted by Crippen LogP contribution is -2.19. The first-order valence-electron chi connectivity index (χ1n) is 6.56. The number of nitro benzene ring substituents is 1. The normalized spacial score (nSPS) is 12.3. The zero-order chi connectivity index (χ0) is 14.5. The molecular formula is C14H17N3O2S. The van der Waals surface area contributed by atoms with Crippen LogP contribution in [0.5, 0.6) is 0 Å². The molecule has 0 saturated heterocycles. The first kappa shape index (κ1) is 14.6. The van der Waals surface area contributed by atoms with Crippen LogP contribution in [0.15, 0.2) is 29.6 Å². The van der Waals surface area contributed by atoms with Crippen molar-refractivity contribution in [3.63, 3.8) is 0 Å². The van der Waals surface area contributed by atoms with Gasteiger partial charge in [0.1, 0.15) is 5.01 Å². The zero-order valence-corrected chi connectivity index (χ0v) is 12.3. The predicted octanol–water partition coefficient (Wildman–Crippen LogP) is 3.78. The summed E-state index contributed by atoms with van der Waals surface area (Å²) < 4.78 is 0. The van der Waals surface area contributed by atoms with Gasteiger partial charge in [-0.1, -0.05) is 19.1 Å². The molecule has 1 unspecified atom stereocenters. The number of nitro groups is 1. The largest absolute Gasteiger partial charge is 0.309 e. The van der Waals surface area contributed by atoms with Crippen LogP contribution in [0.1, 0.15) is 32.0 Å². The maximum Gasteiger partial charge on any atom is 0.279 e. The Hall–Kier alpha value is -1.79. The zero-order valence-electron chi connectivity index (χ0n) is 11.5. The van der Waals surface area contributed by atoms with E-state index in [9.17, 15) is 10.1 Å². The molecule has 2 aromatic rings. The minimum Gasteiger partial charge on any atom is -0.309 e. The fraction of sp³-hybridized carbons (Fsp3) is 0.357. The van der Waals surface area contributed by atoms with E-state index in [2.05, 4.69) is 17.2 Å². The molecule has 1 aromatic carbocycles. The van der Waals surface area contributed by atoms with Crippen LogP contribution in [0.3, 0.4) is 0 Å². The van der Waals surface area contributed by atoms with Crippen molar-refractivity contribution < 1.29 is 4.92 Å². The number of benzene rings is 1. The first-order valence-corrected chi connectivity index (χ1v) is 7.44. The summed E-state index contributed by atoms with van der Waals surface area (Å²) in [4.78, 5) is 15.2. The highest BCUT2D eigenvalue weighted by molar-refractivity contribution is 7.13. The molecule has 0 bridgehead atoms. The van der Waals surface area contributed by atoms with Crippen LogP contribution in [0.25, 0.3) is 10.6 Å². The second-order valence-corrected chi connectivity index (χ2v) is 5.39. The Labute approximate surface area is 121 Å². The van der Waals surface area contributed by atoms with Crippen molar-refractivity contribution in [1.29, 1.82) is 0 Å². The summed E-state index contributed by atoms with van der Waals surface area (Å²) in [6.07, 6.45) is 1.06. The monoisotopic (exact) mass is 291 g/mol. The van der Waals surface area contributed by atoms with Crippen molar-refractivity contribution in [2.75, 3.05) is 6.54 Å². The van der Waals surface area contributed by atoms with E-state index in [4.69, 9.17) is 0 Å². The average molecular weight is 291 g/mol. The van der Waals surface area contributed by atoms with Crippen LogP contribution in [0.2, 0.25) is 0 Å². The SMILES string of the molecule is CCCNC(C)c1csc(-c2ccccc2[N+](=O)[O-])n1. The summed E-state index contributed by atoms with van der Waals surface area (Å²) in [5.41, 5.74) is 1.61. The molecule has 0 amide bonds. The predicted molar refractivity (Wildman–Crippen MR) is 80.9 cm³/mol. The van der Waals surface area contributed by atoms with Gasteiger partial charge in [0, 0.05) is 17.5 Å². The lowest BCUT2D eigenvalue weighted by molar-refractivity contribution is -0.384. The number of thiazole rings is 1. The van der Waals surface area contributed by atoms with Crippen LogP contribution in [-0.2, 0) is 0 Å². The van der Waals surface area contributed by atoms with E-state index >= 15 is 0 Å². The maximum atomic E-state index is 11.0. The molecule has 1 N–H and O–H groups in total. The third-order valence-corrected chi connectivity index (χ3v) is 3.89. The van der Waals surface area contributed by atoms with E-state index < -0.39 is 0 Å². The maximum absolute atomic E-state index is 11.0. The summed E-state index contributed by atoms with van der Waals surface area (Å²) in [5.74, 6) is 0. The summed E-state index contributed by atoms with van der Waals surface area (Å²) in [7, 11) is 0. The van der Waals surface area contributed by atoms with Gasteiger partial charge >= 0.3 is 0 Å². The Morgan fingerprint density at radius 1 is 1.45 bits per heavy atom. The molecule has 1 heterocycles. The Morgan fingerprint density at radius 2 is 2.20 bits per heavy atom. The van der Waals surface area contributed by atoms with Gasteiger partial charge < -0.3 is 5.32 Å². The molecule has 0 spiro atoms. The third kappa shape index (κ3) is 3.20. The number of aromatic nitrogens is 1. The first-order chi connectivity index (χ1) is 9.63. The van der Waals surface area contributed by atoms with Crippen LogP contribution in [0, 0.1) is 10.1 Å². The second kappa shape index (κ2) is 6.58. The van der Waals surface area contributed by atoms with Gasteiger partial charge in [-0.25, -0.2) is 4.98 Å². The van der Waals surface area contributed by atoms with Gasteiger partial charge in [-0.05, 0) is 26.0 Å².